The van der Waals surface area contributed by atoms with E-state index in [0.717, 1.165) is 25.7 Å². The van der Waals surface area contributed by atoms with Crippen LogP contribution in [0.1, 0.15) is 38.5 Å². The van der Waals surface area contributed by atoms with Crippen molar-refractivity contribution in [3.05, 3.63) is 0 Å². The van der Waals surface area contributed by atoms with Crippen LogP contribution in [-0.4, -0.2) is 59.7 Å². The van der Waals surface area contributed by atoms with Crippen molar-refractivity contribution < 1.29 is 27.8 Å². The van der Waals surface area contributed by atoms with Crippen molar-refractivity contribution in [2.75, 3.05) is 19.7 Å². The second kappa shape index (κ2) is 6.12. The minimum absolute atomic E-state index is 0.0344. The van der Waals surface area contributed by atoms with Gasteiger partial charge in [-0.05, 0) is 25.7 Å². The van der Waals surface area contributed by atoms with E-state index >= 15 is 0 Å². The highest BCUT2D eigenvalue weighted by Gasteiger charge is 2.55. The average molecular weight is 336 g/mol. The van der Waals surface area contributed by atoms with Crippen LogP contribution in [0.5, 0.6) is 0 Å². The fourth-order valence-corrected chi connectivity index (χ4v) is 3.97. The number of carbonyl (C=O) groups is 1. The van der Waals surface area contributed by atoms with Gasteiger partial charge in [0.25, 0.3) is 0 Å². The summed E-state index contributed by atoms with van der Waals surface area (Å²) in [6.45, 7) is 0.544. The molecule has 1 aliphatic carbocycles. The van der Waals surface area contributed by atoms with Gasteiger partial charge in [-0.25, -0.2) is 4.79 Å². The van der Waals surface area contributed by atoms with Crippen molar-refractivity contribution in [2.24, 2.45) is 5.92 Å². The molecule has 2 heterocycles. The summed E-state index contributed by atoms with van der Waals surface area (Å²) in [6, 6.07) is -0.293. The molecule has 2 aliphatic heterocycles. The maximum Gasteiger partial charge on any atom is 0.417 e. The first-order valence-electron chi connectivity index (χ1n) is 8.26. The Morgan fingerprint density at radius 1 is 1.22 bits per heavy atom. The molecule has 3 rings (SSSR count). The standard InChI is InChI=1S/C15H23F3N2O3/c16-15(17,18)14(22)5-7-20(8-6-14)13(21)19-11-2-1-3-12-10(11)4-9-23-12/h10-12,22H,1-9H2,(H,19,21). The van der Waals surface area contributed by atoms with Gasteiger partial charge >= 0.3 is 12.2 Å². The number of piperidine rings is 1. The lowest BCUT2D eigenvalue weighted by Crippen LogP contribution is -2.57. The SMILES string of the molecule is O=C(NC1CCCC2OCCC12)N1CCC(O)(C(F)(F)F)CC1. The van der Waals surface area contributed by atoms with Gasteiger partial charge in [0.2, 0.25) is 0 Å². The lowest BCUT2D eigenvalue weighted by molar-refractivity contribution is -0.271. The Labute approximate surface area is 133 Å². The first kappa shape index (κ1) is 16.8. The Bertz CT molecular complexity index is 450. The van der Waals surface area contributed by atoms with Crippen LogP contribution >= 0.6 is 0 Å². The third-order valence-electron chi connectivity index (χ3n) is 5.50. The fourth-order valence-electron chi connectivity index (χ4n) is 3.97. The molecular weight excluding hydrogens is 313 g/mol. The normalized spacial score (nSPS) is 34.1. The van der Waals surface area contributed by atoms with Crippen LogP contribution in [0.15, 0.2) is 0 Å². The van der Waals surface area contributed by atoms with Gasteiger partial charge in [0.1, 0.15) is 0 Å². The van der Waals surface area contributed by atoms with E-state index in [-0.39, 0.29) is 31.3 Å². The first-order chi connectivity index (χ1) is 10.8. The molecule has 2 N–H and O–H groups in total. The van der Waals surface area contributed by atoms with E-state index in [0.29, 0.717) is 12.5 Å². The highest BCUT2D eigenvalue weighted by atomic mass is 19.4. The Morgan fingerprint density at radius 2 is 1.91 bits per heavy atom. The molecule has 5 nitrogen and oxygen atoms in total. The summed E-state index contributed by atoms with van der Waals surface area (Å²) in [5.74, 6) is 0.310. The van der Waals surface area contributed by atoms with E-state index in [2.05, 4.69) is 5.32 Å². The number of carbonyl (C=O) groups excluding carboxylic acids is 1. The van der Waals surface area contributed by atoms with E-state index < -0.39 is 24.6 Å². The number of ether oxygens (including phenoxy) is 1. The number of likely N-dealkylation sites (tertiary alicyclic amines) is 1. The van der Waals surface area contributed by atoms with Crippen molar-refractivity contribution in [1.29, 1.82) is 0 Å². The number of nitrogens with zero attached hydrogens (tertiary/aromatic N) is 1. The summed E-state index contributed by atoms with van der Waals surface area (Å²) < 4.78 is 44.0. The van der Waals surface area contributed by atoms with Crippen LogP contribution in [0.4, 0.5) is 18.0 Å². The van der Waals surface area contributed by atoms with Gasteiger partial charge in [-0.15, -0.1) is 0 Å². The van der Waals surface area contributed by atoms with Gasteiger partial charge in [0.05, 0.1) is 6.10 Å². The molecule has 8 heteroatoms. The van der Waals surface area contributed by atoms with Gasteiger partial charge < -0.3 is 20.1 Å². The maximum absolute atomic E-state index is 12.8. The summed E-state index contributed by atoms with van der Waals surface area (Å²) in [4.78, 5) is 13.7. The van der Waals surface area contributed by atoms with Crippen molar-refractivity contribution in [3.8, 4) is 0 Å². The number of hydrogen-bond acceptors (Lipinski definition) is 3. The van der Waals surface area contributed by atoms with Gasteiger partial charge in [-0.1, -0.05) is 0 Å². The molecule has 0 radical (unpaired) electrons. The molecule has 0 aromatic heterocycles. The lowest BCUT2D eigenvalue weighted by Gasteiger charge is -2.40. The first-order valence-corrected chi connectivity index (χ1v) is 8.26. The van der Waals surface area contributed by atoms with Crippen LogP contribution in [0, 0.1) is 5.92 Å². The molecule has 132 valence electrons. The number of urea groups is 1. The summed E-state index contributed by atoms with van der Waals surface area (Å²) in [6.07, 6.45) is -1.58. The van der Waals surface area contributed by atoms with E-state index in [4.69, 9.17) is 4.74 Å². The Hall–Kier alpha value is -1.02. The van der Waals surface area contributed by atoms with Crippen LogP contribution < -0.4 is 5.32 Å². The number of hydrogen-bond donors (Lipinski definition) is 2. The zero-order chi connectivity index (χ0) is 16.7. The van der Waals surface area contributed by atoms with Gasteiger partial charge in [0.15, 0.2) is 5.60 Å². The molecule has 3 fully saturated rings. The fraction of sp³-hybridized carbons (Fsp3) is 0.933. The molecule has 1 saturated carbocycles. The zero-order valence-corrected chi connectivity index (χ0v) is 12.9. The third-order valence-corrected chi connectivity index (χ3v) is 5.50. The molecular formula is C15H23F3N2O3. The second-order valence-corrected chi connectivity index (χ2v) is 6.87. The van der Waals surface area contributed by atoms with Crippen LogP contribution in [0.25, 0.3) is 0 Å². The van der Waals surface area contributed by atoms with Crippen LogP contribution in [-0.2, 0) is 4.74 Å². The van der Waals surface area contributed by atoms with Gasteiger partial charge in [-0.2, -0.15) is 13.2 Å². The zero-order valence-electron chi connectivity index (χ0n) is 12.9. The second-order valence-electron chi connectivity index (χ2n) is 6.87. The largest absolute Gasteiger partial charge is 0.417 e. The number of rotatable bonds is 1. The van der Waals surface area contributed by atoms with Crippen LogP contribution in [0.3, 0.4) is 0 Å². The van der Waals surface area contributed by atoms with Crippen molar-refractivity contribution in [3.63, 3.8) is 0 Å². The quantitative estimate of drug-likeness (QED) is 0.770. The molecule has 0 aromatic carbocycles. The molecule has 2 amide bonds. The minimum atomic E-state index is -4.65. The van der Waals surface area contributed by atoms with Crippen molar-refractivity contribution in [2.45, 2.75) is 62.4 Å². The maximum atomic E-state index is 12.8. The van der Waals surface area contributed by atoms with E-state index in [1.165, 1.54) is 4.90 Å². The predicted octanol–water partition coefficient (Wildman–Crippen LogP) is 2.04. The summed E-state index contributed by atoms with van der Waals surface area (Å²) >= 11 is 0. The molecule has 3 atom stereocenters. The van der Waals surface area contributed by atoms with Crippen molar-refractivity contribution in [1.82, 2.24) is 10.2 Å². The number of amides is 2. The number of halogens is 3. The Balaban J connectivity index is 1.54. The number of fused-ring (bicyclic) bond motifs is 1. The lowest BCUT2D eigenvalue weighted by atomic mass is 9.82. The van der Waals surface area contributed by atoms with Gasteiger partial charge in [0, 0.05) is 44.5 Å². The average Bonchev–Trinajstić information content (AvgIpc) is 2.96. The highest BCUT2D eigenvalue weighted by molar-refractivity contribution is 5.74. The number of aliphatic hydroxyl groups is 1. The third kappa shape index (κ3) is 3.28. The predicted molar refractivity (Wildman–Crippen MR) is 75.8 cm³/mol. The smallest absolute Gasteiger partial charge is 0.380 e. The van der Waals surface area contributed by atoms with E-state index in [1.54, 1.807) is 0 Å². The van der Waals surface area contributed by atoms with Gasteiger partial charge in [-0.3, -0.25) is 0 Å². The molecule has 0 bridgehead atoms. The molecule has 23 heavy (non-hydrogen) atoms. The summed E-state index contributed by atoms with van der Waals surface area (Å²) in [5.41, 5.74) is -2.67. The number of nitrogens with one attached hydrogen (secondary N) is 1. The Kier molecular flexibility index (Phi) is 4.48. The van der Waals surface area contributed by atoms with E-state index in [1.807, 2.05) is 0 Å². The molecule has 3 aliphatic rings. The summed E-state index contributed by atoms with van der Waals surface area (Å²) in [7, 11) is 0. The minimum Gasteiger partial charge on any atom is -0.380 e. The Morgan fingerprint density at radius 3 is 2.57 bits per heavy atom. The molecule has 0 aromatic rings. The van der Waals surface area contributed by atoms with Crippen LogP contribution in [0.2, 0.25) is 0 Å². The van der Waals surface area contributed by atoms with E-state index in [9.17, 15) is 23.1 Å². The molecule has 0 spiro atoms. The topological polar surface area (TPSA) is 61.8 Å². The van der Waals surface area contributed by atoms with Crippen molar-refractivity contribution >= 4 is 6.03 Å². The number of alkyl halides is 3. The molecule has 3 unspecified atom stereocenters. The monoisotopic (exact) mass is 336 g/mol. The summed E-state index contributed by atoms with van der Waals surface area (Å²) in [5, 5.41) is 12.6. The molecule has 2 saturated heterocycles. The highest BCUT2D eigenvalue weighted by Crippen LogP contribution is 2.38.